The lowest BCUT2D eigenvalue weighted by Gasteiger charge is -2.02. The molecule has 0 bridgehead atoms. The van der Waals surface area contributed by atoms with Gasteiger partial charge in [0.1, 0.15) is 0 Å². The summed E-state index contributed by atoms with van der Waals surface area (Å²) in [4.78, 5) is 0. The normalized spacial score (nSPS) is 9.07. The third-order valence-corrected chi connectivity index (χ3v) is 1.85. The molecule has 0 fully saturated rings. The van der Waals surface area contributed by atoms with E-state index in [-0.39, 0.29) is 6.61 Å². The van der Waals surface area contributed by atoms with Crippen LogP contribution in [0, 0.1) is 0 Å². The Bertz CT molecular complexity index is 236. The van der Waals surface area contributed by atoms with Gasteiger partial charge in [-0.05, 0) is 31.4 Å². The summed E-state index contributed by atoms with van der Waals surface area (Å²) in [5.74, 6) is 0. The molecule has 2 nitrogen and oxygen atoms in total. The first kappa shape index (κ1) is 13.0. The monoisotopic (exact) mass is 195 g/mol. The summed E-state index contributed by atoms with van der Waals surface area (Å²) >= 11 is 0. The molecule has 14 heavy (non-hydrogen) atoms. The van der Waals surface area contributed by atoms with Crippen molar-refractivity contribution < 1.29 is 5.11 Å². The molecular formula is C12H21NO. The summed E-state index contributed by atoms with van der Waals surface area (Å²) in [6.45, 7) is 4.12. The van der Waals surface area contributed by atoms with Crippen LogP contribution < -0.4 is 5.73 Å². The minimum Gasteiger partial charge on any atom is -0.399 e. The predicted octanol–water partition coefficient (Wildman–Crippen LogP) is 2.61. The molecule has 2 heteroatoms. The number of hydrogen-bond acceptors (Lipinski definition) is 2. The largest absolute Gasteiger partial charge is 0.399 e. The average Bonchev–Trinajstić information content (AvgIpc) is 2.18. The lowest BCUT2D eigenvalue weighted by Crippen LogP contribution is -1.92. The Hall–Kier alpha value is -1.02. The van der Waals surface area contributed by atoms with Gasteiger partial charge in [-0.3, -0.25) is 0 Å². The molecule has 0 heterocycles. The van der Waals surface area contributed by atoms with E-state index in [9.17, 15) is 0 Å². The molecule has 0 aliphatic heterocycles. The maximum atomic E-state index is 7.57. The molecule has 0 saturated carbocycles. The van der Waals surface area contributed by atoms with Crippen molar-refractivity contribution in [3.63, 3.8) is 0 Å². The van der Waals surface area contributed by atoms with Crippen LogP contribution in [-0.2, 0) is 6.42 Å². The Labute approximate surface area is 86.8 Å². The van der Waals surface area contributed by atoms with Crippen molar-refractivity contribution in [1.82, 2.24) is 0 Å². The number of benzene rings is 1. The van der Waals surface area contributed by atoms with Crippen molar-refractivity contribution >= 4 is 5.69 Å². The zero-order valence-electron chi connectivity index (χ0n) is 9.16. The van der Waals surface area contributed by atoms with E-state index in [1.165, 1.54) is 18.4 Å². The summed E-state index contributed by atoms with van der Waals surface area (Å²) in [6.07, 6.45) is 3.58. The molecule has 0 radical (unpaired) electrons. The lowest BCUT2D eigenvalue weighted by atomic mass is 10.1. The Kier molecular flexibility index (Phi) is 7.95. The van der Waals surface area contributed by atoms with E-state index in [0.717, 1.165) is 12.1 Å². The Morgan fingerprint density at radius 2 is 1.79 bits per heavy atom. The highest BCUT2D eigenvalue weighted by Crippen LogP contribution is 2.12. The third kappa shape index (κ3) is 5.60. The summed E-state index contributed by atoms with van der Waals surface area (Å²) in [7, 11) is 0. The topological polar surface area (TPSA) is 46.2 Å². The van der Waals surface area contributed by atoms with Gasteiger partial charge in [-0.25, -0.2) is 0 Å². The first-order chi connectivity index (χ1) is 6.76. The second-order valence-corrected chi connectivity index (χ2v) is 3.12. The number of nitrogens with two attached hydrogens (primary N) is 1. The van der Waals surface area contributed by atoms with Gasteiger partial charge in [-0.1, -0.05) is 31.5 Å². The minimum atomic E-state index is 0.250. The standard InChI is InChI=1S/C10H15N.C2H6O/c1-2-3-6-9-7-4-5-8-10(9)11;1-2-3/h4-5,7-8H,2-3,6,11H2,1H3;3H,2H2,1H3. The Morgan fingerprint density at radius 1 is 1.21 bits per heavy atom. The van der Waals surface area contributed by atoms with E-state index in [1.54, 1.807) is 6.92 Å². The number of nitrogen functional groups attached to an aromatic ring is 1. The van der Waals surface area contributed by atoms with Crippen molar-refractivity contribution in [2.24, 2.45) is 0 Å². The number of aliphatic hydroxyl groups excluding tert-OH is 1. The van der Waals surface area contributed by atoms with Gasteiger partial charge in [0, 0.05) is 12.3 Å². The second kappa shape index (κ2) is 8.57. The van der Waals surface area contributed by atoms with Crippen LogP contribution in [0.15, 0.2) is 24.3 Å². The molecule has 1 aromatic carbocycles. The molecule has 0 atom stereocenters. The fourth-order valence-corrected chi connectivity index (χ4v) is 1.13. The van der Waals surface area contributed by atoms with E-state index >= 15 is 0 Å². The molecule has 80 valence electrons. The molecule has 0 amide bonds. The van der Waals surface area contributed by atoms with Crippen molar-refractivity contribution in [2.45, 2.75) is 33.1 Å². The summed E-state index contributed by atoms with van der Waals surface area (Å²) < 4.78 is 0. The van der Waals surface area contributed by atoms with Crippen LogP contribution >= 0.6 is 0 Å². The van der Waals surface area contributed by atoms with Crippen molar-refractivity contribution in [3.05, 3.63) is 29.8 Å². The van der Waals surface area contributed by atoms with Crippen LogP contribution in [0.25, 0.3) is 0 Å². The van der Waals surface area contributed by atoms with Crippen LogP contribution in [0.5, 0.6) is 0 Å². The molecule has 3 N–H and O–H groups in total. The third-order valence-electron chi connectivity index (χ3n) is 1.85. The van der Waals surface area contributed by atoms with Crippen LogP contribution in [0.2, 0.25) is 0 Å². The Balaban J connectivity index is 0.000000500. The SMILES string of the molecule is CCCCc1ccccc1N.CCO. The molecule has 0 aliphatic carbocycles. The van der Waals surface area contributed by atoms with Crippen LogP contribution in [0.3, 0.4) is 0 Å². The molecular weight excluding hydrogens is 174 g/mol. The van der Waals surface area contributed by atoms with Gasteiger partial charge < -0.3 is 10.8 Å². The van der Waals surface area contributed by atoms with Crippen molar-refractivity contribution in [1.29, 1.82) is 0 Å². The highest BCUT2D eigenvalue weighted by Gasteiger charge is 1.94. The molecule has 1 rings (SSSR count). The number of aryl methyl sites for hydroxylation is 1. The Morgan fingerprint density at radius 3 is 2.29 bits per heavy atom. The lowest BCUT2D eigenvalue weighted by molar-refractivity contribution is 0.318. The molecule has 0 saturated heterocycles. The average molecular weight is 195 g/mol. The van der Waals surface area contributed by atoms with Gasteiger partial charge in [-0.2, -0.15) is 0 Å². The molecule has 0 spiro atoms. The fraction of sp³-hybridized carbons (Fsp3) is 0.500. The second-order valence-electron chi connectivity index (χ2n) is 3.12. The summed E-state index contributed by atoms with van der Waals surface area (Å²) in [6, 6.07) is 8.09. The summed E-state index contributed by atoms with van der Waals surface area (Å²) in [5, 5.41) is 7.57. The van der Waals surface area contributed by atoms with Gasteiger partial charge in [0.25, 0.3) is 0 Å². The number of para-hydroxylation sites is 1. The smallest absolute Gasteiger partial charge is 0.0402 e. The van der Waals surface area contributed by atoms with Crippen LogP contribution in [0.1, 0.15) is 32.3 Å². The number of anilines is 1. The molecule has 0 aliphatic rings. The van der Waals surface area contributed by atoms with Gasteiger partial charge in [-0.15, -0.1) is 0 Å². The van der Waals surface area contributed by atoms with Crippen molar-refractivity contribution in [3.8, 4) is 0 Å². The van der Waals surface area contributed by atoms with E-state index in [4.69, 9.17) is 10.8 Å². The quantitative estimate of drug-likeness (QED) is 0.728. The van der Waals surface area contributed by atoms with E-state index in [1.807, 2.05) is 18.2 Å². The van der Waals surface area contributed by atoms with Crippen LogP contribution in [0.4, 0.5) is 5.69 Å². The predicted molar refractivity (Wildman–Crippen MR) is 62.2 cm³/mol. The highest BCUT2D eigenvalue weighted by molar-refractivity contribution is 5.46. The first-order valence-corrected chi connectivity index (χ1v) is 5.20. The van der Waals surface area contributed by atoms with E-state index < -0.39 is 0 Å². The number of aliphatic hydroxyl groups is 1. The van der Waals surface area contributed by atoms with Crippen LogP contribution in [-0.4, -0.2) is 11.7 Å². The van der Waals surface area contributed by atoms with E-state index in [0.29, 0.717) is 0 Å². The zero-order valence-corrected chi connectivity index (χ0v) is 9.16. The van der Waals surface area contributed by atoms with Gasteiger partial charge in [0.05, 0.1) is 0 Å². The minimum absolute atomic E-state index is 0.250. The first-order valence-electron chi connectivity index (χ1n) is 5.20. The molecule has 0 aromatic heterocycles. The zero-order chi connectivity index (χ0) is 10.8. The number of unbranched alkanes of at least 4 members (excludes halogenated alkanes) is 1. The molecule has 0 unspecified atom stereocenters. The van der Waals surface area contributed by atoms with Gasteiger partial charge in [0.15, 0.2) is 0 Å². The summed E-state index contributed by atoms with van der Waals surface area (Å²) in [5.41, 5.74) is 7.98. The maximum absolute atomic E-state index is 7.57. The highest BCUT2D eigenvalue weighted by atomic mass is 16.2. The van der Waals surface area contributed by atoms with Gasteiger partial charge >= 0.3 is 0 Å². The molecule has 1 aromatic rings. The fourth-order valence-electron chi connectivity index (χ4n) is 1.13. The van der Waals surface area contributed by atoms with Gasteiger partial charge in [0.2, 0.25) is 0 Å². The van der Waals surface area contributed by atoms with Crippen molar-refractivity contribution in [2.75, 3.05) is 12.3 Å². The number of hydrogen-bond donors (Lipinski definition) is 2. The maximum Gasteiger partial charge on any atom is 0.0402 e. The number of rotatable bonds is 3. The van der Waals surface area contributed by atoms with E-state index in [2.05, 4.69) is 13.0 Å².